The van der Waals surface area contributed by atoms with E-state index in [1.165, 1.54) is 12.1 Å². The number of hydrogen-bond donors (Lipinski definition) is 3. The van der Waals surface area contributed by atoms with Crippen LogP contribution in [0.25, 0.3) is 0 Å². The number of carbonyl (C=O) groups excluding carboxylic acids is 3. The molecule has 0 radical (unpaired) electrons. The van der Waals surface area contributed by atoms with Gasteiger partial charge in [0.2, 0.25) is 5.91 Å². The number of phenolic OH excluding ortho intramolecular Hbond substituents is 1. The number of amides is 3. The van der Waals surface area contributed by atoms with E-state index in [0.717, 1.165) is 11.1 Å². The summed E-state index contributed by atoms with van der Waals surface area (Å²) in [5.41, 5.74) is 2.82. The molecule has 148 valence electrons. The van der Waals surface area contributed by atoms with Gasteiger partial charge in [-0.1, -0.05) is 11.6 Å². The summed E-state index contributed by atoms with van der Waals surface area (Å²) < 4.78 is 0.588. The van der Waals surface area contributed by atoms with Gasteiger partial charge in [0.05, 0.1) is 9.26 Å². The van der Waals surface area contributed by atoms with Gasteiger partial charge >= 0.3 is 0 Å². The second kappa shape index (κ2) is 8.84. The topological polar surface area (TPSA) is 111 Å². The fourth-order valence-corrected chi connectivity index (χ4v) is 3.20. The zero-order valence-electron chi connectivity index (χ0n) is 14.4. The fourth-order valence-electron chi connectivity index (χ4n) is 2.45. The van der Waals surface area contributed by atoms with Crippen LogP contribution in [0.1, 0.15) is 10.4 Å². The molecule has 1 saturated heterocycles. The molecule has 8 nitrogen and oxygen atoms in total. The van der Waals surface area contributed by atoms with Crippen molar-refractivity contribution in [3.63, 3.8) is 0 Å². The van der Waals surface area contributed by atoms with Gasteiger partial charge < -0.3 is 10.4 Å². The number of carbonyl (C=O) groups is 3. The molecule has 29 heavy (non-hydrogen) atoms. The molecule has 0 aliphatic carbocycles. The molecule has 0 saturated carbocycles. The van der Waals surface area contributed by atoms with Gasteiger partial charge in [0.25, 0.3) is 11.8 Å². The van der Waals surface area contributed by atoms with Crippen LogP contribution >= 0.6 is 46.4 Å². The molecular formula is C18H12ClIN4O4S. The molecule has 1 heterocycles. The number of halogens is 2. The molecular weight excluding hydrogens is 531 g/mol. The first kappa shape index (κ1) is 21.1. The number of thiocarbonyl (C=S) groups is 1. The SMILES string of the molecule is O=C(N/N=C\[C@@H]1C(=O)NC(=S)N(c2ccc(Cl)cc2)C1=O)c1ccc(I)c(O)c1. The van der Waals surface area contributed by atoms with Gasteiger partial charge in [0.15, 0.2) is 11.0 Å². The summed E-state index contributed by atoms with van der Waals surface area (Å²) >= 11 is 12.9. The van der Waals surface area contributed by atoms with Gasteiger partial charge in [-0.05, 0) is 77.3 Å². The van der Waals surface area contributed by atoms with E-state index in [9.17, 15) is 19.5 Å². The maximum absolute atomic E-state index is 12.8. The Morgan fingerprint density at radius 3 is 2.62 bits per heavy atom. The Kier molecular flexibility index (Phi) is 6.45. The lowest BCUT2D eigenvalue weighted by atomic mass is 10.1. The summed E-state index contributed by atoms with van der Waals surface area (Å²) in [4.78, 5) is 38.2. The molecule has 0 unspecified atom stereocenters. The number of hydrogen-bond acceptors (Lipinski definition) is 6. The zero-order chi connectivity index (χ0) is 21.1. The lowest BCUT2D eigenvalue weighted by molar-refractivity contribution is -0.130. The van der Waals surface area contributed by atoms with Crippen LogP contribution in [-0.2, 0) is 9.59 Å². The number of phenols is 1. The molecule has 1 fully saturated rings. The largest absolute Gasteiger partial charge is 0.507 e. The monoisotopic (exact) mass is 542 g/mol. The van der Waals surface area contributed by atoms with Crippen molar-refractivity contribution in [1.29, 1.82) is 0 Å². The summed E-state index contributed by atoms with van der Waals surface area (Å²) in [5.74, 6) is -3.22. The van der Waals surface area contributed by atoms with Crippen molar-refractivity contribution in [1.82, 2.24) is 10.7 Å². The summed E-state index contributed by atoms with van der Waals surface area (Å²) in [6.45, 7) is 0. The highest BCUT2D eigenvalue weighted by Gasteiger charge is 2.38. The second-order valence-electron chi connectivity index (χ2n) is 5.81. The zero-order valence-corrected chi connectivity index (χ0v) is 18.2. The van der Waals surface area contributed by atoms with Gasteiger partial charge in [-0.3, -0.25) is 19.3 Å². The van der Waals surface area contributed by atoms with Gasteiger partial charge in [-0.15, -0.1) is 0 Å². The van der Waals surface area contributed by atoms with Crippen LogP contribution in [0.3, 0.4) is 0 Å². The number of nitrogens with one attached hydrogen (secondary N) is 2. The van der Waals surface area contributed by atoms with E-state index in [0.29, 0.717) is 14.3 Å². The maximum Gasteiger partial charge on any atom is 0.271 e. The average molecular weight is 543 g/mol. The number of benzene rings is 2. The first-order valence-electron chi connectivity index (χ1n) is 8.04. The molecule has 0 bridgehead atoms. The molecule has 3 amide bonds. The molecule has 2 aromatic rings. The molecule has 0 aromatic heterocycles. The molecule has 1 aliphatic heterocycles. The van der Waals surface area contributed by atoms with Gasteiger partial charge in [0.1, 0.15) is 5.75 Å². The third-order valence-electron chi connectivity index (χ3n) is 3.88. The van der Waals surface area contributed by atoms with Crippen molar-refractivity contribution in [2.45, 2.75) is 0 Å². The summed E-state index contributed by atoms with van der Waals surface area (Å²) in [5, 5.41) is 16.2. The van der Waals surface area contributed by atoms with E-state index in [2.05, 4.69) is 15.8 Å². The van der Waals surface area contributed by atoms with Crippen molar-refractivity contribution in [2.75, 3.05) is 4.90 Å². The van der Waals surface area contributed by atoms with E-state index in [4.69, 9.17) is 23.8 Å². The first-order chi connectivity index (χ1) is 13.8. The third kappa shape index (κ3) is 4.71. The van der Waals surface area contributed by atoms with Gasteiger partial charge in [-0.2, -0.15) is 5.10 Å². The molecule has 0 spiro atoms. The van der Waals surface area contributed by atoms with Crippen molar-refractivity contribution < 1.29 is 19.5 Å². The van der Waals surface area contributed by atoms with E-state index in [1.54, 1.807) is 30.3 Å². The van der Waals surface area contributed by atoms with Gasteiger partial charge in [0, 0.05) is 16.8 Å². The summed E-state index contributed by atoms with van der Waals surface area (Å²) in [6.07, 6.45) is 1.02. The van der Waals surface area contributed by atoms with Crippen LogP contribution in [-0.4, -0.2) is 34.2 Å². The van der Waals surface area contributed by atoms with Crippen LogP contribution in [0, 0.1) is 9.49 Å². The Bertz CT molecular complexity index is 1040. The van der Waals surface area contributed by atoms with Crippen LogP contribution in [0.2, 0.25) is 5.02 Å². The Morgan fingerprint density at radius 1 is 1.28 bits per heavy atom. The smallest absolute Gasteiger partial charge is 0.271 e. The Morgan fingerprint density at radius 2 is 1.97 bits per heavy atom. The quantitative estimate of drug-likeness (QED) is 0.181. The van der Waals surface area contributed by atoms with Crippen LogP contribution < -0.4 is 15.6 Å². The predicted molar refractivity (Wildman–Crippen MR) is 120 cm³/mol. The highest BCUT2D eigenvalue weighted by molar-refractivity contribution is 14.1. The number of rotatable bonds is 4. The van der Waals surface area contributed by atoms with Crippen molar-refractivity contribution in [3.05, 3.63) is 56.6 Å². The lowest BCUT2D eigenvalue weighted by Gasteiger charge is -2.30. The number of aromatic hydroxyl groups is 1. The van der Waals surface area contributed by atoms with Crippen molar-refractivity contribution in [3.8, 4) is 5.75 Å². The van der Waals surface area contributed by atoms with Crippen LogP contribution in [0.4, 0.5) is 5.69 Å². The molecule has 11 heteroatoms. The van der Waals surface area contributed by atoms with Crippen LogP contribution in [0.15, 0.2) is 47.6 Å². The maximum atomic E-state index is 12.8. The van der Waals surface area contributed by atoms with Crippen molar-refractivity contribution >= 4 is 81.1 Å². The highest BCUT2D eigenvalue weighted by Crippen LogP contribution is 2.23. The number of anilines is 1. The highest BCUT2D eigenvalue weighted by atomic mass is 127. The molecule has 3 N–H and O–H groups in total. The standard InChI is InChI=1S/C18H12ClIN4O4S/c19-10-2-4-11(5-3-10)24-17(28)12(16(27)22-18(24)29)8-21-23-15(26)9-1-6-13(20)14(25)7-9/h1-8,12,25H,(H,23,26)(H,22,27,29)/b21-8-/t12-/m1/s1. The minimum atomic E-state index is -1.29. The summed E-state index contributed by atoms with van der Waals surface area (Å²) in [7, 11) is 0. The number of hydrazone groups is 1. The van der Waals surface area contributed by atoms with Crippen LogP contribution in [0.5, 0.6) is 5.75 Å². The molecule has 1 aliphatic rings. The van der Waals surface area contributed by atoms with Crippen molar-refractivity contribution in [2.24, 2.45) is 11.0 Å². The second-order valence-corrected chi connectivity index (χ2v) is 7.79. The normalized spacial score (nSPS) is 16.8. The molecule has 2 aromatic carbocycles. The summed E-state index contributed by atoms with van der Waals surface area (Å²) in [6, 6.07) is 10.7. The fraction of sp³-hybridized carbons (Fsp3) is 0.0556. The molecule has 1 atom stereocenters. The Hall–Kier alpha value is -2.57. The number of nitrogens with zero attached hydrogens (tertiary/aromatic N) is 2. The van der Waals surface area contributed by atoms with E-state index >= 15 is 0 Å². The predicted octanol–water partition coefficient (Wildman–Crippen LogP) is 2.43. The minimum absolute atomic E-state index is 0.0452. The average Bonchev–Trinajstić information content (AvgIpc) is 2.67. The first-order valence-corrected chi connectivity index (χ1v) is 9.91. The van der Waals surface area contributed by atoms with E-state index in [1.807, 2.05) is 22.6 Å². The lowest BCUT2D eigenvalue weighted by Crippen LogP contribution is -2.58. The third-order valence-corrected chi connectivity index (χ3v) is 5.33. The Balaban J connectivity index is 1.74. The Labute approximate surface area is 189 Å². The van der Waals surface area contributed by atoms with Gasteiger partial charge in [-0.25, -0.2) is 5.43 Å². The van der Waals surface area contributed by atoms with E-state index < -0.39 is 23.6 Å². The molecule has 3 rings (SSSR count). The van der Waals surface area contributed by atoms with E-state index in [-0.39, 0.29) is 16.4 Å². The minimum Gasteiger partial charge on any atom is -0.507 e.